The first-order valence-electron chi connectivity index (χ1n) is 8.76. The number of benzene rings is 3. The minimum atomic E-state index is -4.49. The third-order valence-electron chi connectivity index (χ3n) is 4.37. The van der Waals surface area contributed by atoms with E-state index in [1.54, 1.807) is 0 Å². The molecule has 0 aromatic heterocycles. The summed E-state index contributed by atoms with van der Waals surface area (Å²) in [7, 11) is 1.20. The van der Waals surface area contributed by atoms with Gasteiger partial charge in [-0.25, -0.2) is 9.18 Å². The van der Waals surface area contributed by atoms with Gasteiger partial charge in [0.05, 0.1) is 12.7 Å². The largest absolute Gasteiger partial charge is 0.480 e. The molecule has 1 atom stereocenters. The Hall–Kier alpha value is -3.55. The van der Waals surface area contributed by atoms with Crippen LogP contribution in [0.1, 0.15) is 33.2 Å². The van der Waals surface area contributed by atoms with Crippen LogP contribution in [0.2, 0.25) is 0 Å². The lowest BCUT2D eigenvalue weighted by atomic mass is 9.99. The summed E-state index contributed by atoms with van der Waals surface area (Å²) in [5, 5.41) is 0. The van der Waals surface area contributed by atoms with E-state index in [1.165, 1.54) is 61.7 Å². The molecule has 0 bridgehead atoms. The average molecular weight is 419 g/mol. The van der Waals surface area contributed by atoms with Crippen molar-refractivity contribution in [2.75, 3.05) is 12.8 Å². The van der Waals surface area contributed by atoms with E-state index in [2.05, 4.69) is 0 Å². The van der Waals surface area contributed by atoms with Crippen molar-refractivity contribution >= 4 is 11.7 Å². The summed E-state index contributed by atoms with van der Waals surface area (Å²) in [5.74, 6) is -1.06. The second-order valence-corrected chi connectivity index (χ2v) is 6.42. The number of halogens is 4. The Labute approximate surface area is 169 Å². The van der Waals surface area contributed by atoms with Crippen LogP contribution in [-0.4, -0.2) is 13.1 Å². The fourth-order valence-corrected chi connectivity index (χ4v) is 2.86. The minimum Gasteiger partial charge on any atom is -0.480 e. The summed E-state index contributed by atoms with van der Waals surface area (Å²) in [6.45, 7) is 0. The SMILES string of the molecule is COC(=O)c1cc(N)ccc1OC(c1ccc(F)cc1)c1ccc(C(F)(F)F)cc1. The van der Waals surface area contributed by atoms with Crippen molar-refractivity contribution in [3.05, 3.63) is 94.8 Å². The summed E-state index contributed by atoms with van der Waals surface area (Å²) < 4.78 is 62.9. The van der Waals surface area contributed by atoms with Gasteiger partial charge in [0.1, 0.15) is 23.2 Å². The number of alkyl halides is 3. The van der Waals surface area contributed by atoms with Crippen molar-refractivity contribution in [3.63, 3.8) is 0 Å². The van der Waals surface area contributed by atoms with Crippen LogP contribution in [-0.2, 0) is 10.9 Å². The lowest BCUT2D eigenvalue weighted by Gasteiger charge is -2.22. The number of esters is 1. The van der Waals surface area contributed by atoms with Crippen LogP contribution >= 0.6 is 0 Å². The van der Waals surface area contributed by atoms with Gasteiger partial charge in [-0.15, -0.1) is 0 Å². The van der Waals surface area contributed by atoms with Gasteiger partial charge in [0.15, 0.2) is 0 Å². The van der Waals surface area contributed by atoms with E-state index in [0.717, 1.165) is 12.1 Å². The molecule has 30 heavy (non-hydrogen) atoms. The zero-order valence-electron chi connectivity index (χ0n) is 15.7. The predicted molar refractivity (Wildman–Crippen MR) is 103 cm³/mol. The fourth-order valence-electron chi connectivity index (χ4n) is 2.86. The maximum absolute atomic E-state index is 13.4. The molecule has 2 N–H and O–H groups in total. The van der Waals surface area contributed by atoms with Crippen LogP contribution in [0, 0.1) is 5.82 Å². The molecule has 0 heterocycles. The quantitative estimate of drug-likeness (QED) is 0.343. The second-order valence-electron chi connectivity index (χ2n) is 6.42. The summed E-state index contributed by atoms with van der Waals surface area (Å²) in [5.41, 5.74) is 6.13. The van der Waals surface area contributed by atoms with Gasteiger partial charge in [-0.2, -0.15) is 13.2 Å². The number of carbonyl (C=O) groups excluding carboxylic acids is 1. The molecule has 0 radical (unpaired) electrons. The second kappa shape index (κ2) is 8.44. The third-order valence-corrected chi connectivity index (χ3v) is 4.37. The summed E-state index contributed by atoms with van der Waals surface area (Å²) in [6, 6.07) is 14.1. The van der Waals surface area contributed by atoms with Gasteiger partial charge < -0.3 is 15.2 Å². The molecule has 156 valence electrons. The fraction of sp³-hybridized carbons (Fsp3) is 0.136. The van der Waals surface area contributed by atoms with E-state index in [0.29, 0.717) is 16.8 Å². The molecule has 0 saturated heterocycles. The molecular formula is C22H17F4NO3. The number of carbonyl (C=O) groups is 1. The van der Waals surface area contributed by atoms with Crippen LogP contribution in [0.3, 0.4) is 0 Å². The van der Waals surface area contributed by atoms with Crippen LogP contribution in [0.25, 0.3) is 0 Å². The number of hydrogen-bond donors (Lipinski definition) is 1. The van der Waals surface area contributed by atoms with Crippen LogP contribution < -0.4 is 10.5 Å². The molecule has 1 unspecified atom stereocenters. The summed E-state index contributed by atoms with van der Waals surface area (Å²) >= 11 is 0. The molecule has 0 aliphatic carbocycles. The molecule has 3 rings (SSSR count). The Bertz CT molecular complexity index is 1030. The van der Waals surface area contributed by atoms with E-state index in [-0.39, 0.29) is 11.3 Å². The first-order valence-corrected chi connectivity index (χ1v) is 8.76. The zero-order valence-corrected chi connectivity index (χ0v) is 15.7. The van der Waals surface area contributed by atoms with Crippen molar-refractivity contribution in [1.82, 2.24) is 0 Å². The molecule has 3 aromatic carbocycles. The summed E-state index contributed by atoms with van der Waals surface area (Å²) in [4.78, 5) is 12.1. The maximum atomic E-state index is 13.4. The number of ether oxygens (including phenoxy) is 2. The normalized spacial score (nSPS) is 12.3. The maximum Gasteiger partial charge on any atom is 0.416 e. The molecule has 0 spiro atoms. The van der Waals surface area contributed by atoms with Crippen LogP contribution in [0.15, 0.2) is 66.7 Å². The van der Waals surface area contributed by atoms with Crippen LogP contribution in [0.4, 0.5) is 23.2 Å². The molecule has 0 aliphatic heterocycles. The highest BCUT2D eigenvalue weighted by Gasteiger charge is 2.30. The molecule has 0 amide bonds. The van der Waals surface area contributed by atoms with E-state index >= 15 is 0 Å². The number of nitrogens with two attached hydrogens (primary N) is 1. The number of rotatable bonds is 5. The molecule has 0 aliphatic rings. The van der Waals surface area contributed by atoms with Crippen molar-refractivity contribution in [1.29, 1.82) is 0 Å². The zero-order chi connectivity index (χ0) is 21.9. The van der Waals surface area contributed by atoms with E-state index < -0.39 is 29.6 Å². The molecular weight excluding hydrogens is 402 g/mol. The van der Waals surface area contributed by atoms with Crippen molar-refractivity contribution in [2.45, 2.75) is 12.3 Å². The van der Waals surface area contributed by atoms with Gasteiger partial charge in [0.2, 0.25) is 0 Å². The number of nitrogen functional groups attached to an aromatic ring is 1. The van der Waals surface area contributed by atoms with E-state index in [4.69, 9.17) is 15.2 Å². The van der Waals surface area contributed by atoms with E-state index in [1.807, 2.05) is 0 Å². The molecule has 4 nitrogen and oxygen atoms in total. The van der Waals surface area contributed by atoms with Crippen molar-refractivity contribution in [2.24, 2.45) is 0 Å². The number of anilines is 1. The Kier molecular flexibility index (Phi) is 5.96. The molecule has 3 aromatic rings. The molecule has 0 fully saturated rings. The highest BCUT2D eigenvalue weighted by molar-refractivity contribution is 5.93. The predicted octanol–water partition coefficient (Wildman–Crippen LogP) is 5.38. The van der Waals surface area contributed by atoms with Gasteiger partial charge >= 0.3 is 12.1 Å². The monoisotopic (exact) mass is 419 g/mol. The standard InChI is InChI=1S/C22H17F4NO3/c1-29-21(28)18-12-17(27)10-11-19(18)30-20(14-4-8-16(23)9-5-14)13-2-6-15(7-3-13)22(24,25)26/h2-12,20H,27H2,1H3. The lowest BCUT2D eigenvalue weighted by Crippen LogP contribution is -2.14. The Balaban J connectivity index is 2.06. The Morgan fingerprint density at radius 2 is 1.50 bits per heavy atom. The van der Waals surface area contributed by atoms with Gasteiger partial charge in [-0.05, 0) is 53.6 Å². The first-order chi connectivity index (χ1) is 14.2. The van der Waals surface area contributed by atoms with Crippen molar-refractivity contribution in [3.8, 4) is 5.75 Å². The average Bonchev–Trinajstić information content (AvgIpc) is 2.72. The Morgan fingerprint density at radius 1 is 0.933 bits per heavy atom. The van der Waals surface area contributed by atoms with Crippen molar-refractivity contribution < 1.29 is 31.8 Å². The topological polar surface area (TPSA) is 61.5 Å². The third kappa shape index (κ3) is 4.71. The molecule has 8 heteroatoms. The van der Waals surface area contributed by atoms with Gasteiger partial charge in [0, 0.05) is 5.69 Å². The number of methoxy groups -OCH3 is 1. The van der Waals surface area contributed by atoms with E-state index in [9.17, 15) is 22.4 Å². The smallest absolute Gasteiger partial charge is 0.416 e. The summed E-state index contributed by atoms with van der Waals surface area (Å²) in [6.07, 6.45) is -5.40. The number of hydrogen-bond acceptors (Lipinski definition) is 4. The lowest BCUT2D eigenvalue weighted by molar-refractivity contribution is -0.137. The van der Waals surface area contributed by atoms with Gasteiger partial charge in [-0.3, -0.25) is 0 Å². The van der Waals surface area contributed by atoms with Gasteiger partial charge in [0.25, 0.3) is 0 Å². The highest BCUT2D eigenvalue weighted by atomic mass is 19.4. The highest BCUT2D eigenvalue weighted by Crippen LogP contribution is 2.34. The molecule has 0 saturated carbocycles. The minimum absolute atomic E-state index is 0.0523. The Morgan fingerprint density at radius 3 is 2.03 bits per heavy atom. The van der Waals surface area contributed by atoms with Gasteiger partial charge in [-0.1, -0.05) is 24.3 Å². The van der Waals surface area contributed by atoms with Crippen LogP contribution in [0.5, 0.6) is 5.75 Å². The first kappa shape index (κ1) is 21.2.